The fourth-order valence-corrected chi connectivity index (χ4v) is 4.16. The predicted octanol–water partition coefficient (Wildman–Crippen LogP) is 4.29. The molecule has 0 spiro atoms. The third-order valence-corrected chi connectivity index (χ3v) is 6.96. The maximum Gasteiger partial charge on any atom is 0.255 e. The number of benzene rings is 1. The number of pyridine rings is 1. The fraction of sp³-hybridized carbons (Fsp3) is 0.318. The molecule has 2 heterocycles. The minimum Gasteiger partial charge on any atom is -0.345 e. The fourth-order valence-electron chi connectivity index (χ4n) is 3.25. The molecule has 7 nitrogen and oxygen atoms in total. The lowest BCUT2D eigenvalue weighted by Crippen LogP contribution is -2.29. The molecule has 0 saturated carbocycles. The molecule has 0 aliphatic rings. The van der Waals surface area contributed by atoms with Crippen LogP contribution in [0.4, 0.5) is 0 Å². The largest absolute Gasteiger partial charge is 0.345 e. The molecule has 0 bridgehead atoms. The van der Waals surface area contributed by atoms with Crippen LogP contribution in [0.25, 0.3) is 5.69 Å². The third-order valence-electron chi connectivity index (χ3n) is 5.07. The van der Waals surface area contributed by atoms with Gasteiger partial charge in [0, 0.05) is 11.2 Å². The van der Waals surface area contributed by atoms with E-state index in [2.05, 4.69) is 15.4 Å². The Labute approximate surface area is 187 Å². The number of rotatable bonds is 8. The van der Waals surface area contributed by atoms with Crippen LogP contribution in [0, 0.1) is 6.92 Å². The molecule has 0 fully saturated rings. The van der Waals surface area contributed by atoms with Crippen LogP contribution in [-0.4, -0.2) is 34.8 Å². The number of amides is 1. The molecule has 1 atom stereocenters. The third kappa shape index (κ3) is 5.14. The van der Waals surface area contributed by atoms with Gasteiger partial charge in [0.05, 0.1) is 34.9 Å². The summed E-state index contributed by atoms with van der Waals surface area (Å²) in [6.07, 6.45) is 4.59. The Hall–Kier alpha value is -2.71. The van der Waals surface area contributed by atoms with Gasteiger partial charge >= 0.3 is 0 Å². The summed E-state index contributed by atoms with van der Waals surface area (Å²) in [4.78, 5) is 17.1. The number of carbonyl (C=O) groups is 1. The predicted molar refractivity (Wildman–Crippen MR) is 120 cm³/mol. The molecule has 0 saturated heterocycles. The van der Waals surface area contributed by atoms with Crippen molar-refractivity contribution in [2.75, 3.05) is 5.75 Å². The van der Waals surface area contributed by atoms with E-state index in [0.717, 1.165) is 17.7 Å². The molecule has 0 aliphatic heterocycles. The molecule has 0 aliphatic carbocycles. The lowest BCUT2D eigenvalue weighted by molar-refractivity contribution is 0.0933. The van der Waals surface area contributed by atoms with Gasteiger partial charge in [0.25, 0.3) is 5.91 Å². The number of nitrogens with one attached hydrogen (secondary N) is 1. The zero-order valence-electron chi connectivity index (χ0n) is 17.7. The SMILES string of the molecule is CCCC(NC(=O)c1cnn(-c2ccc(Cl)cc2)c1C)c1ccc(S(=O)(=O)CC)nc1. The van der Waals surface area contributed by atoms with Gasteiger partial charge in [-0.1, -0.05) is 37.9 Å². The van der Waals surface area contributed by atoms with Crippen LogP contribution >= 0.6 is 11.6 Å². The van der Waals surface area contributed by atoms with Crippen molar-refractivity contribution >= 4 is 27.3 Å². The number of carbonyl (C=O) groups excluding carboxylic acids is 1. The first-order valence-electron chi connectivity index (χ1n) is 10.1. The first kappa shape index (κ1) is 23.0. The van der Waals surface area contributed by atoms with E-state index in [1.165, 1.54) is 18.5 Å². The van der Waals surface area contributed by atoms with Gasteiger partial charge in [0.1, 0.15) is 0 Å². The summed E-state index contributed by atoms with van der Waals surface area (Å²) in [5.74, 6) is -0.257. The number of hydrogen-bond donors (Lipinski definition) is 1. The van der Waals surface area contributed by atoms with Crippen molar-refractivity contribution in [3.63, 3.8) is 0 Å². The summed E-state index contributed by atoms with van der Waals surface area (Å²) < 4.78 is 25.7. The van der Waals surface area contributed by atoms with Crippen molar-refractivity contribution in [3.05, 3.63) is 70.6 Å². The summed E-state index contributed by atoms with van der Waals surface area (Å²) in [5, 5.41) is 8.05. The zero-order valence-corrected chi connectivity index (χ0v) is 19.2. The van der Waals surface area contributed by atoms with Crippen molar-refractivity contribution in [1.82, 2.24) is 20.1 Å². The highest BCUT2D eigenvalue weighted by atomic mass is 35.5. The number of nitrogens with zero attached hydrogens (tertiary/aromatic N) is 3. The summed E-state index contributed by atoms with van der Waals surface area (Å²) in [5.41, 5.74) is 2.74. The molecule has 2 aromatic heterocycles. The number of sulfone groups is 1. The van der Waals surface area contributed by atoms with E-state index in [4.69, 9.17) is 11.6 Å². The average Bonchev–Trinajstić information content (AvgIpc) is 3.15. The lowest BCUT2D eigenvalue weighted by Gasteiger charge is -2.18. The summed E-state index contributed by atoms with van der Waals surface area (Å²) in [7, 11) is -3.37. The molecular formula is C22H25ClN4O3S. The van der Waals surface area contributed by atoms with Crippen LogP contribution < -0.4 is 5.32 Å². The summed E-state index contributed by atoms with van der Waals surface area (Å²) >= 11 is 5.95. The van der Waals surface area contributed by atoms with Crippen molar-refractivity contribution < 1.29 is 13.2 Å². The molecule has 1 N–H and O–H groups in total. The quantitative estimate of drug-likeness (QED) is 0.541. The topological polar surface area (TPSA) is 94.0 Å². The van der Waals surface area contributed by atoms with E-state index in [-0.39, 0.29) is 22.7 Å². The van der Waals surface area contributed by atoms with Gasteiger partial charge in [0.2, 0.25) is 0 Å². The van der Waals surface area contributed by atoms with E-state index in [0.29, 0.717) is 22.7 Å². The number of aromatic nitrogens is 3. The van der Waals surface area contributed by atoms with E-state index in [1.807, 2.05) is 26.0 Å². The Morgan fingerprint density at radius 2 is 1.84 bits per heavy atom. The van der Waals surface area contributed by atoms with Gasteiger partial charge in [-0.05, 0) is 49.2 Å². The van der Waals surface area contributed by atoms with E-state index >= 15 is 0 Å². The Morgan fingerprint density at radius 1 is 1.13 bits per heavy atom. The highest BCUT2D eigenvalue weighted by Gasteiger charge is 2.21. The molecule has 9 heteroatoms. The van der Waals surface area contributed by atoms with Crippen LogP contribution in [0.5, 0.6) is 0 Å². The molecule has 1 unspecified atom stereocenters. The normalized spacial score (nSPS) is 12.5. The van der Waals surface area contributed by atoms with Crippen molar-refractivity contribution in [2.45, 2.75) is 44.7 Å². The molecule has 164 valence electrons. The van der Waals surface area contributed by atoms with Crippen LogP contribution in [0.3, 0.4) is 0 Å². The Bertz CT molecular complexity index is 1160. The second-order valence-corrected chi connectivity index (χ2v) is 9.84. The van der Waals surface area contributed by atoms with E-state index in [1.54, 1.807) is 29.8 Å². The number of halogens is 1. The molecule has 3 aromatic rings. The first-order valence-corrected chi connectivity index (χ1v) is 12.1. The highest BCUT2D eigenvalue weighted by molar-refractivity contribution is 7.91. The Balaban J connectivity index is 1.82. The van der Waals surface area contributed by atoms with Gasteiger partial charge in [-0.3, -0.25) is 4.79 Å². The lowest BCUT2D eigenvalue weighted by atomic mass is 10.0. The minimum absolute atomic E-state index is 0.00857. The van der Waals surface area contributed by atoms with Gasteiger partial charge < -0.3 is 5.32 Å². The average molecular weight is 461 g/mol. The van der Waals surface area contributed by atoms with Gasteiger partial charge in [0.15, 0.2) is 14.9 Å². The maximum absolute atomic E-state index is 13.0. The smallest absolute Gasteiger partial charge is 0.255 e. The van der Waals surface area contributed by atoms with Crippen LogP contribution in [-0.2, 0) is 9.84 Å². The maximum atomic E-state index is 13.0. The Kier molecular flexibility index (Phi) is 7.12. The van der Waals surface area contributed by atoms with Crippen molar-refractivity contribution in [1.29, 1.82) is 0 Å². The molecule has 0 radical (unpaired) electrons. The monoisotopic (exact) mass is 460 g/mol. The highest BCUT2D eigenvalue weighted by Crippen LogP contribution is 2.22. The summed E-state index contributed by atoms with van der Waals surface area (Å²) in [6.45, 7) is 5.43. The van der Waals surface area contributed by atoms with Crippen LogP contribution in [0.15, 0.2) is 53.8 Å². The molecule has 31 heavy (non-hydrogen) atoms. The van der Waals surface area contributed by atoms with Crippen LogP contribution in [0.1, 0.15) is 54.3 Å². The van der Waals surface area contributed by atoms with Crippen molar-refractivity contribution in [3.8, 4) is 5.69 Å². The molecular weight excluding hydrogens is 436 g/mol. The molecule has 1 aromatic carbocycles. The van der Waals surface area contributed by atoms with Gasteiger partial charge in [-0.2, -0.15) is 5.10 Å². The minimum atomic E-state index is -3.37. The van der Waals surface area contributed by atoms with Crippen molar-refractivity contribution in [2.24, 2.45) is 0 Å². The Morgan fingerprint density at radius 3 is 2.42 bits per heavy atom. The number of hydrogen-bond acceptors (Lipinski definition) is 5. The van der Waals surface area contributed by atoms with Gasteiger partial charge in [-0.15, -0.1) is 0 Å². The van der Waals surface area contributed by atoms with E-state index < -0.39 is 9.84 Å². The second-order valence-electron chi connectivity index (χ2n) is 7.18. The standard InChI is InChI=1S/C22H25ClN4O3S/c1-4-6-20(16-7-12-21(24-13-16)31(29,30)5-2)26-22(28)19-14-25-27(15(19)3)18-10-8-17(23)9-11-18/h7-14,20H,4-6H2,1-3H3,(H,26,28). The molecule has 3 rings (SSSR count). The first-order chi connectivity index (χ1) is 14.8. The second kappa shape index (κ2) is 9.62. The zero-order chi connectivity index (χ0) is 22.6. The molecule has 1 amide bonds. The van der Waals surface area contributed by atoms with E-state index in [9.17, 15) is 13.2 Å². The summed E-state index contributed by atoms with van der Waals surface area (Å²) in [6, 6.07) is 10.1. The van der Waals surface area contributed by atoms with Crippen LogP contribution in [0.2, 0.25) is 5.02 Å². The van der Waals surface area contributed by atoms with Gasteiger partial charge in [-0.25, -0.2) is 18.1 Å².